The lowest BCUT2D eigenvalue weighted by Gasteiger charge is -2.16. The van der Waals surface area contributed by atoms with Crippen LogP contribution in [-0.4, -0.2) is 13.0 Å². The largest absolute Gasteiger partial charge is 0.349 e. The van der Waals surface area contributed by atoms with Crippen LogP contribution in [0.5, 0.6) is 0 Å². The minimum atomic E-state index is 0.150. The molecule has 5 heteroatoms. The van der Waals surface area contributed by atoms with Crippen LogP contribution in [-0.2, 0) is 0 Å². The minimum Gasteiger partial charge on any atom is -0.349 e. The fourth-order valence-corrected chi connectivity index (χ4v) is 1.65. The molecule has 82 valence electrons. The highest BCUT2D eigenvalue weighted by Crippen LogP contribution is 2.17. The van der Waals surface area contributed by atoms with Gasteiger partial charge in [-0.3, -0.25) is 10.4 Å². The zero-order valence-corrected chi connectivity index (χ0v) is 10.4. The summed E-state index contributed by atoms with van der Waals surface area (Å²) in [7, 11) is 1.68. The third-order valence-corrected chi connectivity index (χ3v) is 2.56. The van der Waals surface area contributed by atoms with Gasteiger partial charge in [-0.2, -0.15) is 0 Å². The molecule has 0 radical (unpaired) electrons. The zero-order valence-electron chi connectivity index (χ0n) is 8.79. The second-order valence-electron chi connectivity index (χ2n) is 3.14. The predicted molar refractivity (Wildman–Crippen MR) is 66.4 cm³/mol. The summed E-state index contributed by atoms with van der Waals surface area (Å²) in [4.78, 5) is 3.95. The number of nitrogens with two attached hydrogens (primary N) is 1. The van der Waals surface area contributed by atoms with E-state index in [0.717, 1.165) is 4.47 Å². The van der Waals surface area contributed by atoms with Crippen LogP contribution in [0.15, 0.2) is 33.7 Å². The molecule has 0 saturated heterocycles. The Balaban J connectivity index is 2.72. The molecule has 1 unspecified atom stereocenters. The number of nitrogens with one attached hydrogen (secondary N) is 2. The molecule has 1 aromatic rings. The molecule has 0 aliphatic carbocycles. The van der Waals surface area contributed by atoms with Gasteiger partial charge in [-0.15, -0.1) is 0 Å². The molecule has 1 rings (SSSR count). The third kappa shape index (κ3) is 3.53. The van der Waals surface area contributed by atoms with Gasteiger partial charge in [0.25, 0.3) is 0 Å². The molecule has 1 atom stereocenters. The lowest BCUT2D eigenvalue weighted by atomic mass is 10.1. The normalized spacial score (nSPS) is 13.5. The van der Waals surface area contributed by atoms with Gasteiger partial charge in [-0.25, -0.2) is 5.84 Å². The van der Waals surface area contributed by atoms with Crippen molar-refractivity contribution in [2.75, 3.05) is 7.05 Å². The van der Waals surface area contributed by atoms with E-state index in [1.165, 1.54) is 5.56 Å². The maximum atomic E-state index is 5.29. The smallest absolute Gasteiger partial charge is 0.205 e. The van der Waals surface area contributed by atoms with E-state index >= 15 is 0 Å². The van der Waals surface area contributed by atoms with Gasteiger partial charge < -0.3 is 5.32 Å². The number of halogens is 1. The van der Waals surface area contributed by atoms with Gasteiger partial charge in [0.1, 0.15) is 0 Å². The molecular formula is C10H15BrN4. The van der Waals surface area contributed by atoms with E-state index in [-0.39, 0.29) is 6.04 Å². The zero-order chi connectivity index (χ0) is 11.3. The summed E-state index contributed by atoms with van der Waals surface area (Å²) >= 11 is 3.43. The molecule has 0 heterocycles. The molecule has 15 heavy (non-hydrogen) atoms. The Hall–Kier alpha value is -1.07. The van der Waals surface area contributed by atoms with Gasteiger partial charge in [0, 0.05) is 11.5 Å². The van der Waals surface area contributed by atoms with Crippen molar-refractivity contribution >= 4 is 21.9 Å². The van der Waals surface area contributed by atoms with Crippen molar-refractivity contribution in [3.8, 4) is 0 Å². The van der Waals surface area contributed by atoms with Crippen molar-refractivity contribution < 1.29 is 0 Å². The lowest BCUT2D eigenvalue weighted by Crippen LogP contribution is -2.42. The van der Waals surface area contributed by atoms with Gasteiger partial charge in [0.15, 0.2) is 0 Å². The van der Waals surface area contributed by atoms with Gasteiger partial charge in [-0.1, -0.05) is 28.1 Å². The highest BCUT2D eigenvalue weighted by molar-refractivity contribution is 9.10. The van der Waals surface area contributed by atoms with Crippen LogP contribution in [0.1, 0.15) is 18.5 Å². The number of hydrogen-bond acceptors (Lipinski definition) is 2. The molecule has 4 N–H and O–H groups in total. The Morgan fingerprint density at radius 1 is 1.53 bits per heavy atom. The van der Waals surface area contributed by atoms with Gasteiger partial charge in [0.2, 0.25) is 5.96 Å². The van der Waals surface area contributed by atoms with E-state index in [1.54, 1.807) is 7.05 Å². The van der Waals surface area contributed by atoms with Crippen molar-refractivity contribution in [2.24, 2.45) is 10.8 Å². The summed E-state index contributed by atoms with van der Waals surface area (Å²) in [5.41, 5.74) is 3.66. The Bertz CT molecular complexity index is 351. The Morgan fingerprint density at radius 2 is 2.27 bits per heavy atom. The molecule has 1 aromatic carbocycles. The van der Waals surface area contributed by atoms with Gasteiger partial charge in [-0.05, 0) is 24.6 Å². The molecule has 0 saturated carbocycles. The lowest BCUT2D eigenvalue weighted by molar-refractivity contribution is 0.691. The first-order chi connectivity index (χ1) is 7.17. The molecule has 0 spiro atoms. The van der Waals surface area contributed by atoms with E-state index in [1.807, 2.05) is 25.1 Å². The molecule has 0 aromatic heterocycles. The average Bonchev–Trinajstić information content (AvgIpc) is 2.25. The number of nitrogens with zero attached hydrogens (tertiary/aromatic N) is 1. The molecular weight excluding hydrogens is 256 g/mol. The minimum absolute atomic E-state index is 0.150. The van der Waals surface area contributed by atoms with E-state index in [2.05, 4.69) is 37.7 Å². The van der Waals surface area contributed by atoms with Crippen molar-refractivity contribution in [3.05, 3.63) is 34.3 Å². The average molecular weight is 271 g/mol. The topological polar surface area (TPSA) is 62.4 Å². The summed E-state index contributed by atoms with van der Waals surface area (Å²) in [5.74, 6) is 5.86. The highest BCUT2D eigenvalue weighted by Gasteiger charge is 2.06. The summed E-state index contributed by atoms with van der Waals surface area (Å²) in [6.07, 6.45) is 0. The standard InChI is InChI=1S/C10H15BrN4/c1-7(14-10(13-2)15-12)8-4-3-5-9(11)6-8/h3-7H,12H2,1-2H3,(H2,13,14,15). The Morgan fingerprint density at radius 3 is 2.80 bits per heavy atom. The fourth-order valence-electron chi connectivity index (χ4n) is 1.24. The maximum absolute atomic E-state index is 5.29. The van der Waals surface area contributed by atoms with Crippen LogP contribution in [0.4, 0.5) is 0 Å². The van der Waals surface area contributed by atoms with Crippen molar-refractivity contribution in [2.45, 2.75) is 13.0 Å². The van der Waals surface area contributed by atoms with E-state index in [4.69, 9.17) is 5.84 Å². The van der Waals surface area contributed by atoms with Crippen LogP contribution < -0.4 is 16.6 Å². The maximum Gasteiger partial charge on any atom is 0.205 e. The number of guanidine groups is 1. The van der Waals surface area contributed by atoms with Crippen molar-refractivity contribution in [1.82, 2.24) is 10.7 Å². The van der Waals surface area contributed by atoms with Crippen molar-refractivity contribution in [1.29, 1.82) is 0 Å². The first-order valence-corrected chi connectivity index (χ1v) is 5.42. The molecule has 4 nitrogen and oxygen atoms in total. The second kappa shape index (κ2) is 5.72. The first kappa shape index (κ1) is 12.0. The highest BCUT2D eigenvalue weighted by atomic mass is 79.9. The van der Waals surface area contributed by atoms with E-state index in [9.17, 15) is 0 Å². The van der Waals surface area contributed by atoms with E-state index in [0.29, 0.717) is 5.96 Å². The van der Waals surface area contributed by atoms with E-state index < -0.39 is 0 Å². The van der Waals surface area contributed by atoms with Crippen LogP contribution >= 0.6 is 15.9 Å². The Kier molecular flexibility index (Phi) is 4.58. The predicted octanol–water partition coefficient (Wildman–Crippen LogP) is 1.55. The van der Waals surface area contributed by atoms with Crippen LogP contribution in [0.3, 0.4) is 0 Å². The van der Waals surface area contributed by atoms with Crippen LogP contribution in [0.25, 0.3) is 0 Å². The summed E-state index contributed by atoms with van der Waals surface area (Å²) in [6.45, 7) is 2.05. The number of hydrogen-bond donors (Lipinski definition) is 3. The SMILES string of the molecule is CN=C(NN)NC(C)c1cccc(Br)c1. The van der Waals surface area contributed by atoms with Gasteiger partial charge >= 0.3 is 0 Å². The van der Waals surface area contributed by atoms with Gasteiger partial charge in [0.05, 0.1) is 6.04 Å². The summed E-state index contributed by atoms with van der Waals surface area (Å²) in [5, 5.41) is 3.15. The number of rotatable bonds is 2. The first-order valence-electron chi connectivity index (χ1n) is 4.62. The molecule has 0 amide bonds. The molecule has 0 aliphatic heterocycles. The van der Waals surface area contributed by atoms with Crippen LogP contribution in [0.2, 0.25) is 0 Å². The summed E-state index contributed by atoms with van der Waals surface area (Å²) < 4.78 is 1.06. The van der Waals surface area contributed by atoms with Crippen LogP contribution in [0, 0.1) is 0 Å². The Labute approximate surface area is 98.1 Å². The molecule has 0 fully saturated rings. The third-order valence-electron chi connectivity index (χ3n) is 2.06. The number of benzene rings is 1. The second-order valence-corrected chi connectivity index (χ2v) is 4.05. The molecule has 0 aliphatic rings. The number of hydrazine groups is 1. The number of aliphatic imine (C=N–C) groups is 1. The summed E-state index contributed by atoms with van der Waals surface area (Å²) in [6, 6.07) is 8.24. The monoisotopic (exact) mass is 270 g/mol. The fraction of sp³-hybridized carbons (Fsp3) is 0.300. The quantitative estimate of drug-likeness (QED) is 0.331. The molecule has 0 bridgehead atoms. The van der Waals surface area contributed by atoms with Crippen molar-refractivity contribution in [3.63, 3.8) is 0 Å².